The number of anilines is 1. The average molecular weight is 419 g/mol. The van der Waals surface area contributed by atoms with Gasteiger partial charge in [-0.15, -0.1) is 0 Å². The van der Waals surface area contributed by atoms with E-state index < -0.39 is 0 Å². The zero-order valence-electron chi connectivity index (χ0n) is 18.0. The third-order valence-electron chi connectivity index (χ3n) is 4.44. The second-order valence-corrected chi connectivity index (χ2v) is 7.19. The van der Waals surface area contributed by atoms with E-state index in [9.17, 15) is 4.79 Å². The number of aryl methyl sites for hydroxylation is 1. The fraction of sp³-hybridized carbons (Fsp3) is 0.227. The summed E-state index contributed by atoms with van der Waals surface area (Å²) in [5, 5.41) is 9.77. The van der Waals surface area contributed by atoms with E-state index in [0.29, 0.717) is 34.2 Å². The normalized spacial score (nSPS) is 11.5. The van der Waals surface area contributed by atoms with Gasteiger partial charge in [0.2, 0.25) is 11.8 Å². The van der Waals surface area contributed by atoms with Crippen molar-refractivity contribution >= 4 is 18.2 Å². The van der Waals surface area contributed by atoms with Crippen LogP contribution >= 0.6 is 0 Å². The standard InChI is InChI=1S/C22H25N7O2/c1-13(2)27-22-24-12-17(21(30)29(22)6)18-7-8-19(15(4)28-18)31-20(23-5)9-14(3)16-10-25-26-11-16/h7-13H,3,5H2,1-2,4,6H3,(H,24,27)(H,25,26)/b20-9+. The van der Waals surface area contributed by atoms with Gasteiger partial charge in [-0.05, 0) is 45.2 Å². The van der Waals surface area contributed by atoms with Crippen LogP contribution in [0.25, 0.3) is 16.8 Å². The Balaban J connectivity index is 1.86. The molecule has 0 radical (unpaired) electrons. The predicted molar refractivity (Wildman–Crippen MR) is 122 cm³/mol. The molecule has 0 aliphatic heterocycles. The van der Waals surface area contributed by atoms with E-state index in [4.69, 9.17) is 4.74 Å². The summed E-state index contributed by atoms with van der Waals surface area (Å²) in [7, 11) is 1.67. The van der Waals surface area contributed by atoms with Crippen molar-refractivity contribution in [2.75, 3.05) is 5.32 Å². The van der Waals surface area contributed by atoms with E-state index in [2.05, 4.69) is 43.8 Å². The van der Waals surface area contributed by atoms with Crippen molar-refractivity contribution in [3.05, 3.63) is 70.9 Å². The maximum Gasteiger partial charge on any atom is 0.264 e. The SMILES string of the molecule is C=N/C(=C\C(=C)c1cn[nH]c1)Oc1ccc(-c2cnc(NC(C)C)n(C)c2=O)nc1C. The number of hydrogen-bond donors (Lipinski definition) is 2. The van der Waals surface area contributed by atoms with Crippen LogP contribution in [0.1, 0.15) is 25.1 Å². The molecule has 0 saturated carbocycles. The van der Waals surface area contributed by atoms with Gasteiger partial charge in [0.1, 0.15) is 0 Å². The summed E-state index contributed by atoms with van der Waals surface area (Å²) in [4.78, 5) is 25.6. The molecule has 3 aromatic heterocycles. The highest BCUT2D eigenvalue weighted by molar-refractivity contribution is 5.71. The lowest BCUT2D eigenvalue weighted by Crippen LogP contribution is -2.25. The molecular weight excluding hydrogens is 394 g/mol. The molecule has 0 bridgehead atoms. The van der Waals surface area contributed by atoms with Crippen LogP contribution in [0, 0.1) is 6.92 Å². The molecule has 3 rings (SSSR count). The number of allylic oxidation sites excluding steroid dienone is 2. The summed E-state index contributed by atoms with van der Waals surface area (Å²) in [6.45, 7) is 13.3. The van der Waals surface area contributed by atoms with Crippen molar-refractivity contribution < 1.29 is 4.74 Å². The molecule has 0 amide bonds. The van der Waals surface area contributed by atoms with Gasteiger partial charge in [-0.25, -0.2) is 15.0 Å². The number of nitrogens with one attached hydrogen (secondary N) is 2. The molecule has 3 aromatic rings. The minimum atomic E-state index is -0.191. The number of aromatic nitrogens is 5. The predicted octanol–water partition coefficient (Wildman–Crippen LogP) is 3.33. The quantitative estimate of drug-likeness (QED) is 0.329. The molecule has 2 N–H and O–H groups in total. The van der Waals surface area contributed by atoms with Gasteiger partial charge in [-0.1, -0.05) is 6.58 Å². The number of H-pyrrole nitrogens is 1. The fourth-order valence-corrected chi connectivity index (χ4v) is 2.80. The highest BCUT2D eigenvalue weighted by atomic mass is 16.5. The maximum atomic E-state index is 12.8. The Morgan fingerprint density at radius 3 is 2.74 bits per heavy atom. The molecule has 31 heavy (non-hydrogen) atoms. The Labute approximate surface area is 180 Å². The third kappa shape index (κ3) is 4.95. The highest BCUT2D eigenvalue weighted by Crippen LogP contribution is 2.24. The van der Waals surface area contributed by atoms with Crippen molar-refractivity contribution in [2.45, 2.75) is 26.8 Å². The number of ether oxygens (including phenoxy) is 1. The summed E-state index contributed by atoms with van der Waals surface area (Å²) in [6, 6.07) is 3.60. The second kappa shape index (κ2) is 9.21. The molecule has 0 aliphatic carbocycles. The van der Waals surface area contributed by atoms with Gasteiger partial charge in [0.15, 0.2) is 5.75 Å². The first-order valence-electron chi connectivity index (χ1n) is 9.65. The van der Waals surface area contributed by atoms with Gasteiger partial charge < -0.3 is 10.1 Å². The van der Waals surface area contributed by atoms with Crippen LogP contribution in [-0.2, 0) is 7.05 Å². The topological polar surface area (TPSA) is 110 Å². The van der Waals surface area contributed by atoms with Crippen molar-refractivity contribution in [1.29, 1.82) is 0 Å². The van der Waals surface area contributed by atoms with E-state index in [0.717, 1.165) is 5.56 Å². The number of hydrogen-bond acceptors (Lipinski definition) is 7. The molecule has 0 unspecified atom stereocenters. The van der Waals surface area contributed by atoms with E-state index in [1.807, 2.05) is 13.8 Å². The number of pyridine rings is 1. The van der Waals surface area contributed by atoms with Crippen molar-refractivity contribution in [1.82, 2.24) is 24.7 Å². The van der Waals surface area contributed by atoms with Gasteiger partial charge in [-0.3, -0.25) is 14.5 Å². The van der Waals surface area contributed by atoms with Crippen LogP contribution < -0.4 is 15.6 Å². The Bertz CT molecular complexity index is 1190. The van der Waals surface area contributed by atoms with Crippen LogP contribution in [0.5, 0.6) is 5.75 Å². The van der Waals surface area contributed by atoms with E-state index >= 15 is 0 Å². The van der Waals surface area contributed by atoms with Crippen LogP contribution in [0.4, 0.5) is 5.95 Å². The van der Waals surface area contributed by atoms with Gasteiger partial charge in [0, 0.05) is 37.1 Å². The number of nitrogens with zero attached hydrogens (tertiary/aromatic N) is 5. The number of aromatic amines is 1. The molecule has 0 spiro atoms. The molecule has 0 aliphatic rings. The minimum absolute atomic E-state index is 0.158. The van der Waals surface area contributed by atoms with Crippen molar-refractivity contribution in [3.8, 4) is 17.0 Å². The smallest absolute Gasteiger partial charge is 0.264 e. The Kier molecular flexibility index (Phi) is 6.44. The van der Waals surface area contributed by atoms with Crippen LogP contribution in [0.2, 0.25) is 0 Å². The zero-order valence-corrected chi connectivity index (χ0v) is 18.0. The Morgan fingerprint density at radius 2 is 2.13 bits per heavy atom. The number of rotatable bonds is 8. The summed E-state index contributed by atoms with van der Waals surface area (Å²) in [5.41, 5.74) is 2.79. The van der Waals surface area contributed by atoms with Crippen LogP contribution in [-0.4, -0.2) is 37.5 Å². The van der Waals surface area contributed by atoms with E-state index in [-0.39, 0.29) is 17.5 Å². The molecule has 0 aromatic carbocycles. The summed E-state index contributed by atoms with van der Waals surface area (Å²) >= 11 is 0. The highest BCUT2D eigenvalue weighted by Gasteiger charge is 2.13. The number of aliphatic imine (C=N–C) groups is 1. The first-order valence-corrected chi connectivity index (χ1v) is 9.65. The Hall–Kier alpha value is -4.01. The molecule has 9 nitrogen and oxygen atoms in total. The molecule has 0 fully saturated rings. The molecule has 3 heterocycles. The third-order valence-corrected chi connectivity index (χ3v) is 4.44. The minimum Gasteiger partial charge on any atom is -0.437 e. The lowest BCUT2D eigenvalue weighted by atomic mass is 10.1. The van der Waals surface area contributed by atoms with E-state index in [1.165, 1.54) is 10.8 Å². The summed E-state index contributed by atoms with van der Waals surface area (Å²) < 4.78 is 7.31. The largest absolute Gasteiger partial charge is 0.437 e. The zero-order chi connectivity index (χ0) is 22.5. The summed E-state index contributed by atoms with van der Waals surface area (Å²) in [5.74, 6) is 1.26. The maximum absolute atomic E-state index is 12.8. The Morgan fingerprint density at radius 1 is 1.35 bits per heavy atom. The van der Waals surface area contributed by atoms with Gasteiger partial charge >= 0.3 is 0 Å². The molecular formula is C22H25N7O2. The molecule has 160 valence electrons. The van der Waals surface area contributed by atoms with Gasteiger partial charge in [0.25, 0.3) is 5.56 Å². The van der Waals surface area contributed by atoms with E-state index in [1.54, 1.807) is 44.6 Å². The average Bonchev–Trinajstić information content (AvgIpc) is 3.27. The fourth-order valence-electron chi connectivity index (χ4n) is 2.80. The molecule has 9 heteroatoms. The second-order valence-electron chi connectivity index (χ2n) is 7.19. The first-order chi connectivity index (χ1) is 14.8. The van der Waals surface area contributed by atoms with Crippen molar-refractivity contribution in [3.63, 3.8) is 0 Å². The first kappa shape index (κ1) is 21.7. The van der Waals surface area contributed by atoms with Crippen molar-refractivity contribution in [2.24, 2.45) is 12.0 Å². The molecule has 0 saturated heterocycles. The van der Waals surface area contributed by atoms with Gasteiger partial charge in [-0.2, -0.15) is 5.10 Å². The summed E-state index contributed by atoms with van der Waals surface area (Å²) in [6.07, 6.45) is 6.56. The lowest BCUT2D eigenvalue weighted by Gasteiger charge is -2.14. The molecule has 0 atom stereocenters. The van der Waals surface area contributed by atoms with Gasteiger partial charge in [0.05, 0.1) is 23.1 Å². The monoisotopic (exact) mass is 419 g/mol. The lowest BCUT2D eigenvalue weighted by molar-refractivity contribution is 0.417. The van der Waals surface area contributed by atoms with Crippen LogP contribution in [0.15, 0.2) is 59.0 Å². The van der Waals surface area contributed by atoms with Crippen LogP contribution in [0.3, 0.4) is 0 Å².